The first-order valence-corrected chi connectivity index (χ1v) is 13.2. The summed E-state index contributed by atoms with van der Waals surface area (Å²) in [4.78, 5) is 64.7. The molecular formula is C28H34O12. The lowest BCUT2D eigenvalue weighted by atomic mass is 9.38. The molecule has 218 valence electrons. The van der Waals surface area contributed by atoms with E-state index in [2.05, 4.69) is 0 Å². The first kappa shape index (κ1) is 28.4. The molecule has 0 aromatic heterocycles. The molecule has 2 saturated carbocycles. The first-order chi connectivity index (χ1) is 18.7. The van der Waals surface area contributed by atoms with Gasteiger partial charge in [-0.3, -0.25) is 9.59 Å². The van der Waals surface area contributed by atoms with Gasteiger partial charge in [0.1, 0.15) is 12.2 Å². The number of ether oxygens (including phenoxy) is 5. The van der Waals surface area contributed by atoms with E-state index >= 15 is 0 Å². The zero-order valence-electron chi connectivity index (χ0n) is 23.2. The second kappa shape index (κ2) is 9.22. The lowest BCUT2D eigenvalue weighted by Crippen LogP contribution is -2.79. The van der Waals surface area contributed by atoms with E-state index in [1.807, 2.05) is 0 Å². The Hall–Kier alpha value is -3.09. The summed E-state index contributed by atoms with van der Waals surface area (Å²) >= 11 is 0. The molecule has 0 aromatic carbocycles. The molecule has 0 radical (unpaired) electrons. The Bertz CT molecular complexity index is 1260. The van der Waals surface area contributed by atoms with Crippen LogP contribution in [0.5, 0.6) is 0 Å². The van der Waals surface area contributed by atoms with Crippen LogP contribution in [0.1, 0.15) is 47.5 Å². The van der Waals surface area contributed by atoms with Gasteiger partial charge in [0.2, 0.25) is 11.7 Å². The van der Waals surface area contributed by atoms with Crippen molar-refractivity contribution in [2.24, 2.45) is 28.6 Å². The van der Waals surface area contributed by atoms with Crippen molar-refractivity contribution in [2.75, 3.05) is 13.7 Å². The molecule has 10 atom stereocenters. The molecule has 1 spiro atoms. The highest BCUT2D eigenvalue weighted by molar-refractivity contribution is 5.98. The molecule has 5 rings (SSSR count). The van der Waals surface area contributed by atoms with Gasteiger partial charge in [-0.25, -0.2) is 14.4 Å². The Morgan fingerprint density at radius 2 is 1.77 bits per heavy atom. The Morgan fingerprint density at radius 3 is 2.38 bits per heavy atom. The Labute approximate surface area is 230 Å². The van der Waals surface area contributed by atoms with Crippen LogP contribution < -0.4 is 0 Å². The van der Waals surface area contributed by atoms with Crippen molar-refractivity contribution in [1.29, 1.82) is 0 Å². The number of rotatable bonds is 4. The average molecular weight is 563 g/mol. The topological polar surface area (TPSA) is 172 Å². The number of hydrogen-bond donors (Lipinski definition) is 2. The molecule has 0 amide bonds. The van der Waals surface area contributed by atoms with Gasteiger partial charge < -0.3 is 33.9 Å². The molecule has 0 aromatic rings. The van der Waals surface area contributed by atoms with Crippen LogP contribution >= 0.6 is 0 Å². The summed E-state index contributed by atoms with van der Waals surface area (Å²) in [7, 11) is 1.09. The summed E-state index contributed by atoms with van der Waals surface area (Å²) < 4.78 is 27.9. The average Bonchev–Trinajstić information content (AvgIpc) is 3.16. The van der Waals surface area contributed by atoms with Gasteiger partial charge in [-0.1, -0.05) is 12.5 Å². The third-order valence-corrected chi connectivity index (χ3v) is 9.71. The van der Waals surface area contributed by atoms with Gasteiger partial charge in [0.25, 0.3) is 0 Å². The number of methoxy groups -OCH3 is 1. The summed E-state index contributed by atoms with van der Waals surface area (Å²) in [5.74, 6) is -6.78. The van der Waals surface area contributed by atoms with Crippen LogP contribution in [0.3, 0.4) is 0 Å². The molecule has 40 heavy (non-hydrogen) atoms. The minimum atomic E-state index is -2.24. The Morgan fingerprint density at radius 1 is 1.10 bits per heavy atom. The quantitative estimate of drug-likeness (QED) is 0.277. The van der Waals surface area contributed by atoms with E-state index in [1.54, 1.807) is 27.7 Å². The minimum Gasteiger partial charge on any atom is -0.467 e. The number of carbonyl (C=O) groups excluding carboxylic acids is 5. The summed E-state index contributed by atoms with van der Waals surface area (Å²) in [6.07, 6.45) is -4.97. The van der Waals surface area contributed by atoms with Gasteiger partial charge in [0.15, 0.2) is 11.5 Å². The van der Waals surface area contributed by atoms with Crippen LogP contribution in [-0.4, -0.2) is 83.6 Å². The number of ketones is 1. The van der Waals surface area contributed by atoms with Crippen molar-refractivity contribution < 1.29 is 57.9 Å². The maximum Gasteiger partial charge on any atom is 0.348 e. The fraction of sp³-hybridized carbons (Fsp3) is 0.679. The first-order valence-electron chi connectivity index (χ1n) is 13.2. The standard InChI is InChI=1S/C28H34O12/c1-11(2)7-17(31)40-20-22-27-10-37-28(22,25(35)36-6)23(33)18(32)21(27)26(5)9-15(30)19(38-13(4)29)12(3)14(26)8-16(27)39-24(20)34/h7,14,16,18,20-23,32-33H,8-10H2,1-6H3/t14-,16-,18+,20+,21-,22-,23+,26+,27-,28+/m1/s1. The van der Waals surface area contributed by atoms with Crippen LogP contribution in [0.15, 0.2) is 23.0 Å². The number of hydrogen-bond acceptors (Lipinski definition) is 12. The lowest BCUT2D eigenvalue weighted by molar-refractivity contribution is -0.290. The predicted molar refractivity (Wildman–Crippen MR) is 132 cm³/mol. The minimum absolute atomic E-state index is 0.0874. The molecule has 2 aliphatic heterocycles. The van der Waals surface area contributed by atoms with Crippen molar-refractivity contribution in [1.82, 2.24) is 0 Å². The Balaban J connectivity index is 1.72. The third kappa shape index (κ3) is 3.51. The summed E-state index contributed by atoms with van der Waals surface area (Å²) in [5.41, 5.74) is -3.56. The van der Waals surface area contributed by atoms with Gasteiger partial charge in [0, 0.05) is 30.8 Å². The van der Waals surface area contributed by atoms with E-state index in [1.165, 1.54) is 13.0 Å². The van der Waals surface area contributed by atoms with Crippen molar-refractivity contribution in [3.8, 4) is 0 Å². The van der Waals surface area contributed by atoms with Gasteiger partial charge in [-0.15, -0.1) is 0 Å². The van der Waals surface area contributed by atoms with E-state index in [-0.39, 0.29) is 25.2 Å². The normalized spacial score (nSPS) is 43.1. The number of allylic oxidation sites excluding steroid dienone is 3. The maximum absolute atomic E-state index is 13.5. The number of Topliss-reactive ketones (excluding diaryl/α,β-unsaturated/α-hetero) is 1. The largest absolute Gasteiger partial charge is 0.467 e. The van der Waals surface area contributed by atoms with E-state index in [0.717, 1.165) is 7.11 Å². The van der Waals surface area contributed by atoms with Crippen LogP contribution in [0.2, 0.25) is 0 Å². The summed E-state index contributed by atoms with van der Waals surface area (Å²) in [6.45, 7) is 7.71. The second-order valence-electron chi connectivity index (χ2n) is 12.1. The summed E-state index contributed by atoms with van der Waals surface area (Å²) in [5, 5.41) is 23.4. The number of aliphatic hydroxyl groups excluding tert-OH is 2. The second-order valence-corrected chi connectivity index (χ2v) is 12.1. The van der Waals surface area contributed by atoms with Gasteiger partial charge >= 0.3 is 23.9 Å². The van der Waals surface area contributed by atoms with Gasteiger partial charge in [-0.05, 0) is 44.1 Å². The Kier molecular flexibility index (Phi) is 6.55. The lowest BCUT2D eigenvalue weighted by Gasteiger charge is -2.67. The van der Waals surface area contributed by atoms with Gasteiger partial charge in [0.05, 0.1) is 25.7 Å². The van der Waals surface area contributed by atoms with Crippen molar-refractivity contribution in [3.05, 3.63) is 23.0 Å². The molecule has 2 N–H and O–H groups in total. The van der Waals surface area contributed by atoms with E-state index in [9.17, 15) is 34.2 Å². The molecule has 0 unspecified atom stereocenters. The SMILES string of the molecule is COC(=O)[C@@]12OC[C@]34[C@H]([C@H](O)[C@@H]1O)[C@@]1(C)CC(=O)C(OC(C)=O)=C(C)[C@H]1C[C@H]3OC(=O)[C@@H](OC(=O)C=C(C)C)[C@@H]24. The molecule has 5 aliphatic rings. The number of fused-ring (bicyclic) bond motifs is 2. The molecule has 12 nitrogen and oxygen atoms in total. The number of carbonyl (C=O) groups is 5. The van der Waals surface area contributed by atoms with Crippen molar-refractivity contribution in [2.45, 2.75) is 77.5 Å². The third-order valence-electron chi connectivity index (χ3n) is 9.71. The highest BCUT2D eigenvalue weighted by Gasteiger charge is 2.85. The van der Waals surface area contributed by atoms with E-state index in [0.29, 0.717) is 11.1 Å². The van der Waals surface area contributed by atoms with Crippen LogP contribution in [-0.2, 0) is 47.7 Å². The number of esters is 4. The zero-order chi connectivity index (χ0) is 29.5. The molecule has 2 heterocycles. The van der Waals surface area contributed by atoms with Gasteiger partial charge in [-0.2, -0.15) is 0 Å². The predicted octanol–water partition coefficient (Wildman–Crippen LogP) is 0.522. The highest BCUT2D eigenvalue weighted by Crippen LogP contribution is 2.72. The number of aliphatic hydroxyl groups is 2. The van der Waals surface area contributed by atoms with Crippen LogP contribution in [0, 0.1) is 28.6 Å². The van der Waals surface area contributed by atoms with Crippen LogP contribution in [0.25, 0.3) is 0 Å². The molecule has 4 fully saturated rings. The summed E-state index contributed by atoms with van der Waals surface area (Å²) in [6, 6.07) is 0. The molecular weight excluding hydrogens is 528 g/mol. The van der Waals surface area contributed by atoms with E-state index < -0.39 is 88.3 Å². The highest BCUT2D eigenvalue weighted by atomic mass is 16.6. The smallest absolute Gasteiger partial charge is 0.348 e. The fourth-order valence-corrected chi connectivity index (χ4v) is 8.52. The molecule has 3 aliphatic carbocycles. The van der Waals surface area contributed by atoms with Crippen LogP contribution in [0.4, 0.5) is 0 Å². The molecule has 12 heteroatoms. The maximum atomic E-state index is 13.5. The van der Waals surface area contributed by atoms with Crippen molar-refractivity contribution >= 4 is 29.7 Å². The zero-order valence-corrected chi connectivity index (χ0v) is 23.2. The molecule has 2 saturated heterocycles. The monoisotopic (exact) mass is 562 g/mol. The van der Waals surface area contributed by atoms with E-state index in [4.69, 9.17) is 23.7 Å². The fourth-order valence-electron chi connectivity index (χ4n) is 8.52. The molecule has 2 bridgehead atoms. The van der Waals surface area contributed by atoms with Crippen molar-refractivity contribution in [3.63, 3.8) is 0 Å².